The summed E-state index contributed by atoms with van der Waals surface area (Å²) in [6.45, 7) is 2.72. The molecule has 1 unspecified atom stereocenters. The molecule has 22 nitrogen and oxygen atoms in total. The Labute approximate surface area is 396 Å². The molecule has 0 spiro atoms. The molecule has 0 amide bonds. The van der Waals surface area contributed by atoms with Crippen molar-refractivity contribution < 1.29 is 104 Å². The standard InChI is InChI=1S/C41H82O22P4/c1-3-5-7-9-11-13-15-17-19-21-23-25-27-29-34(42)57-31-33(59-35(43)30-28-26-24-22-20-18-16-14-12-10-8-6-4-2)32-58-67(55,56)63-39-37(45)36(44)38(60-64(46,47)48)40(61-65(49,50)51)41(39)62-66(52,53)54/h33,36-41,44-45H,3-32H2,1-2H3,(H,55,56)(H2,46,47,48)(H2,49,50,51)(H2,52,53,54)/t33-,36-,37+,38+,39+,40-,41-/m0/s1. The summed E-state index contributed by atoms with van der Waals surface area (Å²) in [7, 11) is -23.1. The average molecular weight is 1050 g/mol. The van der Waals surface area contributed by atoms with Gasteiger partial charge in [-0.15, -0.1) is 0 Å². The Bertz CT molecular complexity index is 1520. The van der Waals surface area contributed by atoms with E-state index >= 15 is 0 Å². The molecule has 1 aliphatic carbocycles. The summed E-state index contributed by atoms with van der Waals surface area (Å²) in [6, 6.07) is 0. The van der Waals surface area contributed by atoms with Crippen LogP contribution in [0, 0.1) is 0 Å². The van der Waals surface area contributed by atoms with Gasteiger partial charge in [-0.3, -0.25) is 32.2 Å². The quantitative estimate of drug-likeness (QED) is 0.0158. The lowest BCUT2D eigenvalue weighted by molar-refractivity contribution is -0.209. The number of phosphoric acid groups is 4. The summed E-state index contributed by atoms with van der Waals surface area (Å²) in [5.74, 6) is -1.41. The van der Waals surface area contributed by atoms with Crippen LogP contribution >= 0.6 is 31.3 Å². The van der Waals surface area contributed by atoms with Crippen molar-refractivity contribution >= 4 is 43.2 Å². The second-order valence-electron chi connectivity index (χ2n) is 17.3. The molecule has 26 heteroatoms. The van der Waals surface area contributed by atoms with Gasteiger partial charge >= 0.3 is 43.2 Å². The number of carbonyl (C=O) groups excluding carboxylic acids is 2. The maximum atomic E-state index is 13.3. The molecule has 8 atom stereocenters. The van der Waals surface area contributed by atoms with Gasteiger partial charge in [0, 0.05) is 12.8 Å². The van der Waals surface area contributed by atoms with Crippen LogP contribution in [0.5, 0.6) is 0 Å². The number of hydrogen-bond acceptors (Lipinski definition) is 15. The van der Waals surface area contributed by atoms with E-state index in [0.717, 1.165) is 64.2 Å². The number of rotatable bonds is 42. The first-order valence-electron chi connectivity index (χ1n) is 24.1. The predicted octanol–water partition coefficient (Wildman–Crippen LogP) is 8.08. The molecule has 1 aliphatic rings. The van der Waals surface area contributed by atoms with Gasteiger partial charge < -0.3 is 53.9 Å². The number of aliphatic hydroxyl groups excluding tert-OH is 2. The van der Waals surface area contributed by atoms with Crippen LogP contribution in [0.1, 0.15) is 194 Å². The largest absolute Gasteiger partial charge is 0.472 e. The first kappa shape index (κ1) is 64.3. The van der Waals surface area contributed by atoms with Crippen LogP contribution in [-0.2, 0) is 59.9 Å². The van der Waals surface area contributed by atoms with E-state index in [1.807, 2.05) is 0 Å². The highest BCUT2D eigenvalue weighted by Gasteiger charge is 2.59. The molecule has 67 heavy (non-hydrogen) atoms. The average Bonchev–Trinajstić information content (AvgIpc) is 3.22. The first-order valence-corrected chi connectivity index (χ1v) is 30.2. The summed E-state index contributed by atoms with van der Waals surface area (Å²) >= 11 is 0. The van der Waals surface area contributed by atoms with Crippen LogP contribution in [0.4, 0.5) is 0 Å². The SMILES string of the molecule is CCCCCCCCCCCCCCCC(=O)OC[C@@H](COP(=O)(O)O[C@@H]1[C@H](O)[C@H](O)[C@@H](OP(=O)(O)O)[C@H](OP(=O)(O)O)[C@H]1OP(=O)(O)O)OC(=O)CCCCCCCCCCCCCCC. The Morgan fingerprint density at radius 3 is 1.06 bits per heavy atom. The number of phosphoric ester groups is 4. The van der Waals surface area contributed by atoms with Crippen molar-refractivity contribution in [2.24, 2.45) is 0 Å². The van der Waals surface area contributed by atoms with Crippen molar-refractivity contribution in [3.05, 3.63) is 0 Å². The lowest BCUT2D eigenvalue weighted by Gasteiger charge is -2.46. The molecule has 0 radical (unpaired) electrons. The number of carbonyl (C=O) groups is 2. The maximum Gasteiger partial charge on any atom is 0.472 e. The highest BCUT2D eigenvalue weighted by molar-refractivity contribution is 7.47. The van der Waals surface area contributed by atoms with Crippen molar-refractivity contribution in [2.45, 2.75) is 236 Å². The molecule has 1 rings (SSSR count). The third-order valence-corrected chi connectivity index (χ3v) is 13.7. The molecule has 398 valence electrons. The molecule has 1 fully saturated rings. The Balaban J connectivity index is 2.93. The summed E-state index contributed by atoms with van der Waals surface area (Å²) in [6.07, 6.45) is 10.3. The van der Waals surface area contributed by atoms with Gasteiger partial charge in [0.15, 0.2) is 6.10 Å². The molecule has 0 saturated heterocycles. The van der Waals surface area contributed by atoms with Gasteiger partial charge in [0.1, 0.15) is 43.2 Å². The zero-order chi connectivity index (χ0) is 50.4. The number of unbranched alkanes of at least 4 members (excludes halogenated alkanes) is 24. The Morgan fingerprint density at radius 1 is 0.418 bits per heavy atom. The van der Waals surface area contributed by atoms with Gasteiger partial charge in [0.05, 0.1) is 6.61 Å². The summed E-state index contributed by atoms with van der Waals surface area (Å²) < 4.78 is 82.4. The van der Waals surface area contributed by atoms with Crippen molar-refractivity contribution in [1.82, 2.24) is 0 Å². The lowest BCUT2D eigenvalue weighted by Crippen LogP contribution is -2.65. The lowest BCUT2D eigenvalue weighted by atomic mass is 9.85. The zero-order valence-corrected chi connectivity index (χ0v) is 43.0. The normalized spacial score (nSPS) is 21.8. The van der Waals surface area contributed by atoms with E-state index in [2.05, 4.69) is 27.4 Å². The third-order valence-electron chi connectivity index (χ3n) is 11.1. The molecule has 0 bridgehead atoms. The minimum Gasteiger partial charge on any atom is -0.462 e. The van der Waals surface area contributed by atoms with Crippen LogP contribution < -0.4 is 0 Å². The second-order valence-corrected chi connectivity index (χ2v) is 22.3. The summed E-state index contributed by atoms with van der Waals surface area (Å²) in [5, 5.41) is 21.5. The van der Waals surface area contributed by atoms with E-state index in [0.29, 0.717) is 12.8 Å². The number of aliphatic hydroxyl groups is 2. The Hall–Kier alpha value is -0.700. The highest BCUT2D eigenvalue weighted by Crippen LogP contribution is 2.54. The molecule has 0 aromatic rings. The number of ether oxygens (including phenoxy) is 2. The van der Waals surface area contributed by atoms with Crippen LogP contribution in [0.15, 0.2) is 0 Å². The topological polar surface area (TPSA) is 349 Å². The van der Waals surface area contributed by atoms with Gasteiger partial charge in [-0.1, -0.05) is 168 Å². The van der Waals surface area contributed by atoms with Crippen molar-refractivity contribution in [3.63, 3.8) is 0 Å². The van der Waals surface area contributed by atoms with Gasteiger partial charge in [-0.2, -0.15) is 0 Å². The third kappa shape index (κ3) is 33.6. The summed E-state index contributed by atoms with van der Waals surface area (Å²) in [4.78, 5) is 93.0. The van der Waals surface area contributed by atoms with Gasteiger partial charge in [0.25, 0.3) is 0 Å². The van der Waals surface area contributed by atoms with E-state index in [1.165, 1.54) is 89.9 Å². The van der Waals surface area contributed by atoms with E-state index in [4.69, 9.17) is 18.5 Å². The van der Waals surface area contributed by atoms with E-state index in [1.54, 1.807) is 0 Å². The molecule has 0 aromatic heterocycles. The van der Waals surface area contributed by atoms with Crippen LogP contribution in [0.25, 0.3) is 0 Å². The summed E-state index contributed by atoms with van der Waals surface area (Å²) in [5.41, 5.74) is 0. The Morgan fingerprint density at radius 2 is 0.716 bits per heavy atom. The van der Waals surface area contributed by atoms with Crippen LogP contribution in [-0.4, -0.2) is 112 Å². The predicted molar refractivity (Wildman–Crippen MR) is 245 cm³/mol. The van der Waals surface area contributed by atoms with Crippen molar-refractivity contribution in [3.8, 4) is 0 Å². The maximum absolute atomic E-state index is 13.3. The van der Waals surface area contributed by atoms with E-state index in [9.17, 15) is 72.3 Å². The molecule has 0 aliphatic heterocycles. The monoisotopic (exact) mass is 1050 g/mol. The fourth-order valence-corrected chi connectivity index (χ4v) is 10.3. The Kier molecular flexibility index (Phi) is 34.0. The van der Waals surface area contributed by atoms with Gasteiger partial charge in [-0.25, -0.2) is 18.3 Å². The molecule has 0 heterocycles. The minimum absolute atomic E-state index is 0.0350. The van der Waals surface area contributed by atoms with Crippen molar-refractivity contribution in [2.75, 3.05) is 13.2 Å². The first-order chi connectivity index (χ1) is 31.5. The van der Waals surface area contributed by atoms with Crippen LogP contribution in [0.2, 0.25) is 0 Å². The van der Waals surface area contributed by atoms with E-state index < -0.39 is 99.2 Å². The molecular formula is C41H82O22P4. The molecule has 0 aromatic carbocycles. The van der Waals surface area contributed by atoms with Gasteiger partial charge in [0.2, 0.25) is 0 Å². The molecule has 1 saturated carbocycles. The van der Waals surface area contributed by atoms with E-state index in [-0.39, 0.29) is 12.8 Å². The number of hydrogen-bond donors (Lipinski definition) is 9. The molecule has 9 N–H and O–H groups in total. The van der Waals surface area contributed by atoms with Gasteiger partial charge in [-0.05, 0) is 12.8 Å². The fraction of sp³-hybridized carbons (Fsp3) is 0.951. The minimum atomic E-state index is -5.85. The fourth-order valence-electron chi connectivity index (χ4n) is 7.67. The highest BCUT2D eigenvalue weighted by atomic mass is 31.2. The zero-order valence-electron chi connectivity index (χ0n) is 39.4. The second kappa shape index (κ2) is 35.4. The number of esters is 2. The van der Waals surface area contributed by atoms with Crippen LogP contribution in [0.3, 0.4) is 0 Å². The van der Waals surface area contributed by atoms with Crippen molar-refractivity contribution in [1.29, 1.82) is 0 Å². The molecular weight excluding hydrogens is 968 g/mol. The smallest absolute Gasteiger partial charge is 0.462 e.